The third-order valence-corrected chi connectivity index (χ3v) is 4.96. The molecule has 7 nitrogen and oxygen atoms in total. The molecule has 0 spiro atoms. The molecule has 0 saturated carbocycles. The van der Waals surface area contributed by atoms with E-state index < -0.39 is 0 Å². The first-order chi connectivity index (χ1) is 13.6. The molecule has 1 N–H and O–H groups in total. The van der Waals surface area contributed by atoms with Crippen molar-refractivity contribution in [3.8, 4) is 0 Å². The molecule has 1 fully saturated rings. The predicted octanol–water partition coefficient (Wildman–Crippen LogP) is 2.22. The summed E-state index contributed by atoms with van der Waals surface area (Å²) >= 11 is 0. The highest BCUT2D eigenvalue weighted by molar-refractivity contribution is 5.97. The van der Waals surface area contributed by atoms with Crippen LogP contribution in [-0.2, 0) is 11.3 Å². The van der Waals surface area contributed by atoms with Gasteiger partial charge in [0.15, 0.2) is 5.65 Å². The Hall–Kier alpha value is -3.22. The van der Waals surface area contributed by atoms with Crippen molar-refractivity contribution in [2.45, 2.75) is 32.4 Å². The van der Waals surface area contributed by atoms with Crippen molar-refractivity contribution in [1.82, 2.24) is 24.8 Å². The lowest BCUT2D eigenvalue weighted by molar-refractivity contribution is -0.127. The van der Waals surface area contributed by atoms with E-state index in [1.807, 2.05) is 29.7 Å². The second-order valence-corrected chi connectivity index (χ2v) is 7.14. The number of aromatic nitrogens is 3. The largest absolute Gasteiger partial charge is 0.347 e. The van der Waals surface area contributed by atoms with Gasteiger partial charge in [-0.15, -0.1) is 0 Å². The molecule has 0 bridgehead atoms. The monoisotopic (exact) mass is 377 g/mol. The Morgan fingerprint density at radius 2 is 2.07 bits per heavy atom. The summed E-state index contributed by atoms with van der Waals surface area (Å²) < 4.78 is 1.96. The molecule has 1 aliphatic heterocycles. The number of nitrogens with zero attached hydrogens (tertiary/aromatic N) is 4. The van der Waals surface area contributed by atoms with E-state index in [2.05, 4.69) is 27.4 Å². The quantitative estimate of drug-likeness (QED) is 0.714. The molecule has 2 aromatic heterocycles. The Balaban J connectivity index is 1.46. The zero-order valence-electron chi connectivity index (χ0n) is 15.8. The molecule has 0 aliphatic carbocycles. The molecule has 1 atom stereocenters. The number of rotatable bonds is 6. The van der Waals surface area contributed by atoms with Crippen molar-refractivity contribution in [2.75, 3.05) is 13.1 Å². The number of imidazole rings is 1. The molecule has 0 radical (unpaired) electrons. The summed E-state index contributed by atoms with van der Waals surface area (Å²) in [6.07, 6.45) is 4.58. The lowest BCUT2D eigenvalue weighted by atomic mass is 10.2. The number of benzene rings is 1. The molecule has 4 rings (SSSR count). The number of pyridine rings is 1. The fourth-order valence-corrected chi connectivity index (χ4v) is 3.59. The predicted molar refractivity (Wildman–Crippen MR) is 106 cm³/mol. The van der Waals surface area contributed by atoms with Crippen molar-refractivity contribution in [3.63, 3.8) is 0 Å². The first-order valence-corrected chi connectivity index (χ1v) is 9.57. The minimum Gasteiger partial charge on any atom is -0.347 e. The molecule has 28 heavy (non-hydrogen) atoms. The van der Waals surface area contributed by atoms with E-state index in [1.165, 1.54) is 0 Å². The van der Waals surface area contributed by atoms with Crippen molar-refractivity contribution >= 4 is 23.0 Å². The number of carbonyl (C=O) groups excluding carboxylic acids is 2. The Bertz CT molecular complexity index is 998. The van der Waals surface area contributed by atoms with Crippen LogP contribution in [0.15, 0.2) is 48.9 Å². The van der Waals surface area contributed by atoms with Gasteiger partial charge in [0, 0.05) is 25.7 Å². The van der Waals surface area contributed by atoms with E-state index in [4.69, 9.17) is 0 Å². The van der Waals surface area contributed by atoms with Gasteiger partial charge in [0.1, 0.15) is 5.52 Å². The molecular formula is C21H23N5O2. The number of amides is 2. The summed E-state index contributed by atoms with van der Waals surface area (Å²) in [5, 5.41) is 2.95. The van der Waals surface area contributed by atoms with Gasteiger partial charge in [-0.1, -0.05) is 37.3 Å². The standard InChI is InChI=1S/C21H23N5O2/c1-2-8-25-13-17(10-19(25)27)24-21(28)16-9-18-20(22-11-16)26(14-23-18)12-15-6-4-3-5-7-15/h3-7,9,11,14,17H,2,8,10,12-13H2,1H3,(H,24,28). The molecule has 1 unspecified atom stereocenters. The van der Waals surface area contributed by atoms with Crippen molar-refractivity contribution < 1.29 is 9.59 Å². The van der Waals surface area contributed by atoms with E-state index in [0.717, 1.165) is 24.2 Å². The smallest absolute Gasteiger partial charge is 0.253 e. The minimum absolute atomic E-state index is 0.0976. The molecule has 3 aromatic rings. The normalized spacial score (nSPS) is 16.7. The van der Waals surface area contributed by atoms with Crippen molar-refractivity contribution in [2.24, 2.45) is 0 Å². The highest BCUT2D eigenvalue weighted by Crippen LogP contribution is 2.16. The van der Waals surface area contributed by atoms with Gasteiger partial charge in [0.25, 0.3) is 5.91 Å². The maximum atomic E-state index is 12.6. The summed E-state index contributed by atoms with van der Waals surface area (Å²) in [6, 6.07) is 11.7. The van der Waals surface area contributed by atoms with E-state index in [-0.39, 0.29) is 17.9 Å². The highest BCUT2D eigenvalue weighted by atomic mass is 16.2. The molecule has 2 amide bonds. The van der Waals surface area contributed by atoms with Gasteiger partial charge < -0.3 is 14.8 Å². The summed E-state index contributed by atoms with van der Waals surface area (Å²) in [5.74, 6) is -0.122. The summed E-state index contributed by atoms with van der Waals surface area (Å²) in [6.45, 7) is 4.02. The second-order valence-electron chi connectivity index (χ2n) is 7.14. The topological polar surface area (TPSA) is 80.1 Å². The van der Waals surface area contributed by atoms with Crippen LogP contribution < -0.4 is 5.32 Å². The van der Waals surface area contributed by atoms with E-state index in [1.54, 1.807) is 23.5 Å². The Labute approximate surface area is 163 Å². The van der Waals surface area contributed by atoms with Gasteiger partial charge in [-0.05, 0) is 18.1 Å². The fraction of sp³-hybridized carbons (Fsp3) is 0.333. The average Bonchev–Trinajstić information content (AvgIpc) is 3.26. The Morgan fingerprint density at radius 3 is 2.86 bits per heavy atom. The number of likely N-dealkylation sites (tertiary alicyclic amines) is 1. The number of carbonyl (C=O) groups is 2. The van der Waals surface area contributed by atoms with Gasteiger partial charge >= 0.3 is 0 Å². The third kappa shape index (κ3) is 3.74. The van der Waals surface area contributed by atoms with E-state index in [0.29, 0.717) is 30.6 Å². The van der Waals surface area contributed by atoms with Crippen LogP contribution in [0.4, 0.5) is 0 Å². The van der Waals surface area contributed by atoms with E-state index >= 15 is 0 Å². The van der Waals surface area contributed by atoms with Gasteiger partial charge in [0.05, 0.1) is 24.5 Å². The minimum atomic E-state index is -0.219. The second kappa shape index (κ2) is 7.80. The van der Waals surface area contributed by atoms with Gasteiger partial charge in [-0.2, -0.15) is 0 Å². The van der Waals surface area contributed by atoms with Crippen LogP contribution in [0, 0.1) is 0 Å². The van der Waals surface area contributed by atoms with Crippen LogP contribution in [-0.4, -0.2) is 50.4 Å². The number of fused-ring (bicyclic) bond motifs is 1. The van der Waals surface area contributed by atoms with Gasteiger partial charge in [-0.25, -0.2) is 9.97 Å². The van der Waals surface area contributed by atoms with E-state index in [9.17, 15) is 9.59 Å². The zero-order valence-corrected chi connectivity index (χ0v) is 15.8. The molecule has 1 aliphatic rings. The maximum absolute atomic E-state index is 12.6. The molecule has 7 heteroatoms. The average molecular weight is 377 g/mol. The molecule has 144 valence electrons. The van der Waals surface area contributed by atoms with Gasteiger partial charge in [-0.3, -0.25) is 9.59 Å². The van der Waals surface area contributed by atoms with Crippen LogP contribution in [0.2, 0.25) is 0 Å². The molecule has 1 aromatic carbocycles. The zero-order chi connectivity index (χ0) is 19.5. The number of hydrogen-bond acceptors (Lipinski definition) is 4. The molecule has 3 heterocycles. The Kier molecular flexibility index (Phi) is 5.06. The number of hydrogen-bond donors (Lipinski definition) is 1. The third-order valence-electron chi connectivity index (χ3n) is 4.96. The van der Waals surface area contributed by atoms with Crippen molar-refractivity contribution in [3.05, 3.63) is 60.0 Å². The van der Waals surface area contributed by atoms with Crippen LogP contribution in [0.25, 0.3) is 11.2 Å². The van der Waals surface area contributed by atoms with Gasteiger partial charge in [0.2, 0.25) is 5.91 Å². The maximum Gasteiger partial charge on any atom is 0.253 e. The lowest BCUT2D eigenvalue weighted by Gasteiger charge is -2.16. The highest BCUT2D eigenvalue weighted by Gasteiger charge is 2.30. The van der Waals surface area contributed by atoms with Crippen LogP contribution >= 0.6 is 0 Å². The fourth-order valence-electron chi connectivity index (χ4n) is 3.59. The van der Waals surface area contributed by atoms with Crippen LogP contribution in [0.5, 0.6) is 0 Å². The summed E-state index contributed by atoms with van der Waals surface area (Å²) in [5.41, 5.74) is 3.04. The van der Waals surface area contributed by atoms with Crippen LogP contribution in [0.3, 0.4) is 0 Å². The lowest BCUT2D eigenvalue weighted by Crippen LogP contribution is -2.37. The summed E-state index contributed by atoms with van der Waals surface area (Å²) in [7, 11) is 0. The Morgan fingerprint density at radius 1 is 1.25 bits per heavy atom. The first-order valence-electron chi connectivity index (χ1n) is 9.57. The van der Waals surface area contributed by atoms with Crippen LogP contribution in [0.1, 0.15) is 35.7 Å². The first kappa shape index (κ1) is 18.2. The molecule has 1 saturated heterocycles. The SMILES string of the molecule is CCCN1CC(NC(=O)c2cnc3c(c2)ncn3Cc2ccccc2)CC1=O. The summed E-state index contributed by atoms with van der Waals surface area (Å²) in [4.78, 5) is 35.2. The van der Waals surface area contributed by atoms with Crippen molar-refractivity contribution in [1.29, 1.82) is 0 Å². The number of nitrogens with one attached hydrogen (secondary N) is 1. The molecular weight excluding hydrogens is 354 g/mol.